The Labute approximate surface area is 358 Å². The minimum absolute atomic E-state index is 0.291. The number of likely N-dealkylation sites (N-methyl/N-ethyl adjacent to an activating group) is 2. The Morgan fingerprint density at radius 2 is 1.25 bits per heavy atom. The van der Waals surface area contributed by atoms with Crippen molar-refractivity contribution in [2.24, 2.45) is 11.5 Å². The van der Waals surface area contributed by atoms with Gasteiger partial charge in [0.1, 0.15) is 16.9 Å². The first kappa shape index (κ1) is 39.4. The number of fused-ring (bicyclic) bond motifs is 4. The highest BCUT2D eigenvalue weighted by Crippen LogP contribution is 2.37. The van der Waals surface area contributed by atoms with Crippen molar-refractivity contribution >= 4 is 79.4 Å². The summed E-state index contributed by atoms with van der Waals surface area (Å²) in [7, 11) is 5.64. The highest BCUT2D eigenvalue weighted by molar-refractivity contribution is 7.10. The summed E-state index contributed by atoms with van der Waals surface area (Å²) in [4.78, 5) is 54.5. The van der Waals surface area contributed by atoms with E-state index in [0.717, 1.165) is 76.9 Å². The molecule has 2 aliphatic heterocycles. The smallest absolute Gasteiger partial charge is 0.304 e. The van der Waals surface area contributed by atoms with Crippen LogP contribution < -0.4 is 36.6 Å². The first-order valence-electron chi connectivity index (χ1n) is 19.6. The molecule has 0 bridgehead atoms. The molecule has 0 atom stereocenters. The van der Waals surface area contributed by atoms with Gasteiger partial charge >= 0.3 is 6.01 Å². The average Bonchev–Trinajstić information content (AvgIpc) is 4.12. The summed E-state index contributed by atoms with van der Waals surface area (Å²) in [6, 6.07) is 21.4. The lowest BCUT2D eigenvalue weighted by molar-refractivity contribution is 0.0993. The SMILES string of the molecule is COc1nc2c(C(N)=O)cccc2n1-c1nc2c(c(NCc3cccs3)n1)N(C)CC2.Cc1cc2c(C(N)=O)cccc2n1-c1nc2c(c(NCc3cccs3)n1)N(C)CC2. The van der Waals surface area contributed by atoms with E-state index in [4.69, 9.17) is 36.1 Å². The molecule has 0 fully saturated rings. The zero-order valence-electron chi connectivity index (χ0n) is 34.0. The van der Waals surface area contributed by atoms with Crippen LogP contribution in [-0.2, 0) is 25.9 Å². The molecular weight excluding hydrogens is 811 g/mol. The van der Waals surface area contributed by atoms with E-state index in [9.17, 15) is 9.59 Å². The van der Waals surface area contributed by atoms with Crippen LogP contribution in [0.15, 0.2) is 77.5 Å². The van der Waals surface area contributed by atoms with E-state index in [1.54, 1.807) is 45.4 Å². The number of nitrogens with one attached hydrogen (secondary N) is 2. The van der Waals surface area contributed by atoms with Crippen LogP contribution in [0.25, 0.3) is 33.8 Å². The van der Waals surface area contributed by atoms with Crippen molar-refractivity contribution < 1.29 is 14.3 Å². The summed E-state index contributed by atoms with van der Waals surface area (Å²) in [5.41, 5.74) is 18.9. The highest BCUT2D eigenvalue weighted by atomic mass is 32.1. The average molecular weight is 854 g/mol. The number of ether oxygens (including phenoxy) is 1. The number of nitrogens with zero attached hydrogens (tertiary/aromatic N) is 9. The second-order valence-corrected chi connectivity index (χ2v) is 16.8. The highest BCUT2D eigenvalue weighted by Gasteiger charge is 2.28. The zero-order valence-corrected chi connectivity index (χ0v) is 35.6. The first-order chi connectivity index (χ1) is 29.6. The van der Waals surface area contributed by atoms with Crippen molar-refractivity contribution in [3.63, 3.8) is 0 Å². The molecule has 6 N–H and O–H groups in total. The van der Waals surface area contributed by atoms with Gasteiger partial charge in [-0.25, -0.2) is 14.5 Å². The van der Waals surface area contributed by atoms with Crippen LogP contribution in [0.3, 0.4) is 0 Å². The minimum Gasteiger partial charge on any atom is -0.468 e. The molecule has 61 heavy (non-hydrogen) atoms. The lowest BCUT2D eigenvalue weighted by Crippen LogP contribution is -2.16. The van der Waals surface area contributed by atoms with Gasteiger partial charge in [0.25, 0.3) is 5.91 Å². The molecule has 2 amide bonds. The van der Waals surface area contributed by atoms with E-state index in [0.29, 0.717) is 53.2 Å². The number of carbonyl (C=O) groups excluding carboxylic acids is 2. The lowest BCUT2D eigenvalue weighted by Gasteiger charge is -2.18. The molecule has 310 valence electrons. The second kappa shape index (κ2) is 16.2. The summed E-state index contributed by atoms with van der Waals surface area (Å²) in [6.45, 7) is 5.16. The van der Waals surface area contributed by atoms with E-state index in [-0.39, 0.29) is 0 Å². The second-order valence-electron chi connectivity index (χ2n) is 14.7. The fraction of sp³-hybridized carbons (Fsp3) is 0.233. The molecule has 0 saturated heterocycles. The third-order valence-corrected chi connectivity index (χ3v) is 12.6. The van der Waals surface area contributed by atoms with Crippen molar-refractivity contribution in [2.45, 2.75) is 32.9 Å². The molecule has 8 aromatic rings. The van der Waals surface area contributed by atoms with Crippen LogP contribution in [0.5, 0.6) is 6.01 Å². The Morgan fingerprint density at radius 1 is 0.705 bits per heavy atom. The molecule has 0 aliphatic carbocycles. The number of imidazole rings is 1. The molecule has 0 unspecified atom stereocenters. The largest absolute Gasteiger partial charge is 0.468 e. The summed E-state index contributed by atoms with van der Waals surface area (Å²) in [6.07, 6.45) is 1.69. The van der Waals surface area contributed by atoms with Gasteiger partial charge in [-0.15, -0.1) is 22.7 Å². The van der Waals surface area contributed by atoms with E-state index in [1.807, 2.05) is 48.9 Å². The maximum Gasteiger partial charge on any atom is 0.304 e. The molecular formula is C43H43N13O3S2. The third-order valence-electron chi connectivity index (χ3n) is 10.8. The minimum atomic E-state index is -0.548. The number of rotatable bonds is 11. The van der Waals surface area contributed by atoms with Gasteiger partial charge in [0, 0.05) is 66.4 Å². The van der Waals surface area contributed by atoms with Gasteiger partial charge in [-0.2, -0.15) is 15.0 Å². The molecule has 16 nitrogen and oxygen atoms in total. The number of amides is 2. The van der Waals surface area contributed by atoms with Gasteiger partial charge in [0.15, 0.2) is 11.6 Å². The van der Waals surface area contributed by atoms with Crippen molar-refractivity contribution in [1.29, 1.82) is 0 Å². The molecule has 2 aliphatic rings. The van der Waals surface area contributed by atoms with Gasteiger partial charge in [0.2, 0.25) is 17.8 Å². The monoisotopic (exact) mass is 853 g/mol. The van der Waals surface area contributed by atoms with Crippen LogP contribution in [0.2, 0.25) is 0 Å². The van der Waals surface area contributed by atoms with Crippen LogP contribution in [0.1, 0.15) is 47.6 Å². The number of carbonyl (C=O) groups is 2. The fourth-order valence-corrected chi connectivity index (χ4v) is 9.25. The topological polar surface area (TPSA) is 200 Å². The van der Waals surface area contributed by atoms with E-state index in [1.165, 1.54) is 16.9 Å². The Hall–Kier alpha value is -7.05. The van der Waals surface area contributed by atoms with Crippen LogP contribution in [0, 0.1) is 6.92 Å². The molecule has 0 spiro atoms. The van der Waals surface area contributed by atoms with Crippen molar-refractivity contribution in [3.05, 3.63) is 115 Å². The number of para-hydroxylation sites is 1. The molecule has 2 aromatic carbocycles. The third kappa shape index (κ3) is 7.33. The lowest BCUT2D eigenvalue weighted by atomic mass is 10.1. The van der Waals surface area contributed by atoms with Gasteiger partial charge < -0.3 is 36.6 Å². The van der Waals surface area contributed by atoms with Gasteiger partial charge in [-0.3, -0.25) is 14.2 Å². The van der Waals surface area contributed by atoms with Gasteiger partial charge in [0.05, 0.1) is 48.2 Å². The molecule has 0 radical (unpaired) electrons. The van der Waals surface area contributed by atoms with E-state index >= 15 is 0 Å². The summed E-state index contributed by atoms with van der Waals surface area (Å²) >= 11 is 3.41. The van der Waals surface area contributed by atoms with Crippen LogP contribution >= 0.6 is 22.7 Å². The fourth-order valence-electron chi connectivity index (χ4n) is 7.96. The number of aryl methyl sites for hydroxylation is 1. The number of aromatic nitrogens is 7. The number of hydrogen-bond donors (Lipinski definition) is 4. The number of hydrogen-bond acceptors (Lipinski definition) is 14. The Balaban J connectivity index is 0.000000156. The van der Waals surface area contributed by atoms with E-state index in [2.05, 4.69) is 61.4 Å². The Bertz CT molecular complexity index is 2940. The molecule has 10 rings (SSSR count). The van der Waals surface area contributed by atoms with Gasteiger partial charge in [-0.1, -0.05) is 24.3 Å². The number of benzene rings is 2. The molecule has 6 aromatic heterocycles. The number of anilines is 4. The summed E-state index contributed by atoms with van der Waals surface area (Å²) in [5, 5.41) is 11.9. The predicted molar refractivity (Wildman–Crippen MR) is 241 cm³/mol. The summed E-state index contributed by atoms with van der Waals surface area (Å²) in [5.74, 6) is 1.63. The maximum absolute atomic E-state index is 11.9. The van der Waals surface area contributed by atoms with Crippen LogP contribution in [-0.4, -0.2) is 80.2 Å². The van der Waals surface area contributed by atoms with Gasteiger partial charge in [-0.05, 0) is 60.1 Å². The van der Waals surface area contributed by atoms with E-state index < -0.39 is 11.8 Å². The van der Waals surface area contributed by atoms with Crippen molar-refractivity contribution in [2.75, 3.05) is 54.7 Å². The van der Waals surface area contributed by atoms with Crippen LogP contribution in [0.4, 0.5) is 23.0 Å². The molecule has 18 heteroatoms. The molecule has 8 heterocycles. The summed E-state index contributed by atoms with van der Waals surface area (Å²) < 4.78 is 9.22. The number of thiophene rings is 2. The van der Waals surface area contributed by atoms with Crippen molar-refractivity contribution in [3.8, 4) is 17.9 Å². The first-order valence-corrected chi connectivity index (χ1v) is 21.4. The standard InChI is InChI=1S/C22H22N6OS.C21H21N7O2S/c1-13-11-16-15(20(23)29)6-3-7-18(16)28(13)22-25-17-8-9-27(2)19(17)21(26-22)24-12-14-5-4-10-30-14;1-27-9-8-14-17(27)19(23-11-12-5-4-10-31-12)26-20(24-14)28-15-7-3-6-13(18(22)29)16(15)25-21(28)30-2/h3-7,10-11H,8-9,12H2,1-2H3,(H2,23,29)(H,24,25,26);3-7,10H,8-9,11H2,1-2H3,(H2,22,29)(H,23,24,26). The number of nitrogens with two attached hydrogens (primary N) is 2. The molecule has 0 saturated carbocycles. The quantitative estimate of drug-likeness (QED) is 0.117. The predicted octanol–water partition coefficient (Wildman–Crippen LogP) is 6.08. The Morgan fingerprint density at radius 3 is 1.77 bits per heavy atom. The maximum atomic E-state index is 11.9. The zero-order chi connectivity index (χ0) is 42.4. The normalized spacial score (nSPS) is 13.0. The van der Waals surface area contributed by atoms with Crippen molar-refractivity contribution in [1.82, 2.24) is 34.1 Å². The number of methoxy groups -OCH3 is 1. The Kier molecular flexibility index (Phi) is 10.5. The number of primary amides is 2.